The van der Waals surface area contributed by atoms with Gasteiger partial charge in [-0.1, -0.05) is 28.1 Å². The highest BCUT2D eigenvalue weighted by molar-refractivity contribution is 9.09. The second-order valence-electron chi connectivity index (χ2n) is 5.55. The summed E-state index contributed by atoms with van der Waals surface area (Å²) in [7, 11) is 0. The first-order chi connectivity index (χ1) is 10.2. The smallest absolute Gasteiger partial charge is 0.273 e. The minimum Gasteiger partial charge on any atom is -0.317 e. The quantitative estimate of drug-likeness (QED) is 0.777. The zero-order valence-corrected chi connectivity index (χ0v) is 13.0. The van der Waals surface area contributed by atoms with E-state index in [1.807, 2.05) is 16.7 Å². The van der Waals surface area contributed by atoms with Gasteiger partial charge in [0.05, 0.1) is 16.2 Å². The summed E-state index contributed by atoms with van der Waals surface area (Å²) in [6.07, 6.45) is 8.14. The summed E-state index contributed by atoms with van der Waals surface area (Å²) in [5.41, 5.74) is 2.39. The maximum Gasteiger partial charge on any atom is 0.273 e. The fraction of sp³-hybridized carbons (Fsp3) is 0.400. The number of rotatable bonds is 1. The first kappa shape index (κ1) is 13.2. The topological polar surface area (TPSA) is 59.3 Å². The lowest BCUT2D eigenvalue weighted by atomic mass is 9.94. The van der Waals surface area contributed by atoms with Crippen molar-refractivity contribution >= 4 is 33.7 Å². The van der Waals surface area contributed by atoms with E-state index in [1.165, 1.54) is 0 Å². The predicted octanol–water partition coefficient (Wildman–Crippen LogP) is 0.846. The van der Waals surface area contributed by atoms with Gasteiger partial charge >= 0.3 is 0 Å². The molecule has 2 aliphatic rings. The molecule has 2 aromatic heterocycles. The van der Waals surface area contributed by atoms with E-state index in [1.54, 1.807) is 6.07 Å². The summed E-state index contributed by atoms with van der Waals surface area (Å²) < 4.78 is 1.87. The number of allylic oxidation sites excluding steroid dienone is 1. The highest BCUT2D eigenvalue weighted by Crippen LogP contribution is 2.24. The molecular formula is C15H15BrN4O. The van der Waals surface area contributed by atoms with Crippen molar-refractivity contribution in [2.75, 3.05) is 13.1 Å². The molecule has 0 saturated carbocycles. The predicted molar refractivity (Wildman–Crippen MR) is 85.5 cm³/mol. The lowest BCUT2D eigenvalue weighted by Crippen LogP contribution is -2.29. The third kappa shape index (κ3) is 2.22. The van der Waals surface area contributed by atoms with Crippen LogP contribution in [0.4, 0.5) is 0 Å². The van der Waals surface area contributed by atoms with E-state index < -0.39 is 0 Å². The van der Waals surface area contributed by atoms with Crippen molar-refractivity contribution < 1.29 is 0 Å². The Morgan fingerprint density at radius 2 is 2.14 bits per heavy atom. The van der Waals surface area contributed by atoms with E-state index in [0.29, 0.717) is 11.6 Å². The van der Waals surface area contributed by atoms with Crippen LogP contribution in [0.25, 0.3) is 17.8 Å². The molecule has 1 fully saturated rings. The average molecular weight is 347 g/mol. The van der Waals surface area contributed by atoms with Gasteiger partial charge in [-0.2, -0.15) is 10.1 Å². The molecule has 1 saturated heterocycles. The molecular weight excluding hydrogens is 332 g/mol. The van der Waals surface area contributed by atoms with Crippen molar-refractivity contribution in [2.45, 2.75) is 23.6 Å². The van der Waals surface area contributed by atoms with Crippen LogP contribution < -0.4 is 16.1 Å². The number of piperidine rings is 1. The van der Waals surface area contributed by atoms with Gasteiger partial charge in [-0.25, -0.2) is 4.52 Å². The second-order valence-corrected chi connectivity index (χ2v) is 6.61. The van der Waals surface area contributed by atoms with Crippen LogP contribution in [0.2, 0.25) is 0 Å². The number of nitrogens with one attached hydrogen (secondary N) is 1. The Morgan fingerprint density at radius 3 is 2.95 bits per heavy atom. The Balaban J connectivity index is 1.98. The summed E-state index contributed by atoms with van der Waals surface area (Å²) >= 11 is 3.55. The van der Waals surface area contributed by atoms with Crippen LogP contribution in [-0.4, -0.2) is 32.5 Å². The van der Waals surface area contributed by atoms with Crippen LogP contribution >= 0.6 is 15.9 Å². The number of alkyl halides is 1. The summed E-state index contributed by atoms with van der Waals surface area (Å²) in [5, 5.41) is 8.97. The van der Waals surface area contributed by atoms with Gasteiger partial charge in [-0.05, 0) is 32.0 Å². The molecule has 1 unspecified atom stereocenters. The minimum absolute atomic E-state index is 0.164. The fourth-order valence-electron chi connectivity index (χ4n) is 3.14. The van der Waals surface area contributed by atoms with Crippen molar-refractivity contribution in [1.29, 1.82) is 0 Å². The number of halogens is 1. The molecule has 1 N–H and O–H groups in total. The standard InChI is InChI=1S/C15H15BrN4O/c16-10-1-2-12-11(7-10)15-18-14(21)8-13(20(15)19-12)9-3-5-17-6-4-9/h1-2,7-10,17H,3-6H2. The molecule has 0 amide bonds. The van der Waals surface area contributed by atoms with Crippen molar-refractivity contribution in [3.05, 3.63) is 39.1 Å². The molecule has 21 heavy (non-hydrogen) atoms. The van der Waals surface area contributed by atoms with Crippen LogP contribution in [0.1, 0.15) is 30.1 Å². The van der Waals surface area contributed by atoms with Crippen molar-refractivity contribution in [2.24, 2.45) is 0 Å². The minimum atomic E-state index is -0.173. The molecule has 4 rings (SSSR count). The second kappa shape index (κ2) is 5.03. The SMILES string of the molecule is O=c1cc(C2CCNCC2)n2nc3c(c2n1)=CC(Br)C=C3. The number of hydrogen-bond donors (Lipinski definition) is 1. The Kier molecular flexibility index (Phi) is 3.15. The van der Waals surface area contributed by atoms with Gasteiger partial charge in [0.1, 0.15) is 0 Å². The van der Waals surface area contributed by atoms with Crippen molar-refractivity contribution in [3.8, 4) is 0 Å². The summed E-state index contributed by atoms with van der Waals surface area (Å²) in [6, 6.07) is 1.65. The maximum absolute atomic E-state index is 12.0. The molecule has 5 nitrogen and oxygen atoms in total. The number of nitrogens with zero attached hydrogens (tertiary/aromatic N) is 3. The normalized spacial score (nSPS) is 22.2. The van der Waals surface area contributed by atoms with Crippen molar-refractivity contribution in [1.82, 2.24) is 19.9 Å². The molecule has 1 aliphatic heterocycles. The number of fused-ring (bicyclic) bond motifs is 3. The zero-order valence-electron chi connectivity index (χ0n) is 11.4. The van der Waals surface area contributed by atoms with Gasteiger partial charge in [0, 0.05) is 17.2 Å². The van der Waals surface area contributed by atoms with Crippen LogP contribution in [0, 0.1) is 0 Å². The highest BCUT2D eigenvalue weighted by Gasteiger charge is 2.21. The molecule has 2 aromatic rings. The van der Waals surface area contributed by atoms with Gasteiger partial charge in [0.25, 0.3) is 5.56 Å². The van der Waals surface area contributed by atoms with Gasteiger partial charge in [-0.15, -0.1) is 0 Å². The third-order valence-corrected chi connectivity index (χ3v) is 4.75. The lowest BCUT2D eigenvalue weighted by Gasteiger charge is -2.22. The molecule has 0 spiro atoms. The fourth-order valence-corrected chi connectivity index (χ4v) is 3.56. The molecule has 6 heteroatoms. The number of hydrogen-bond acceptors (Lipinski definition) is 4. The Hall–Kier alpha value is -1.53. The largest absolute Gasteiger partial charge is 0.317 e. The van der Waals surface area contributed by atoms with Crippen LogP contribution in [0.5, 0.6) is 0 Å². The van der Waals surface area contributed by atoms with Crippen LogP contribution in [-0.2, 0) is 0 Å². The Labute approximate surface area is 129 Å². The van der Waals surface area contributed by atoms with E-state index in [-0.39, 0.29) is 10.4 Å². The van der Waals surface area contributed by atoms with E-state index in [0.717, 1.165) is 42.5 Å². The average Bonchev–Trinajstić information content (AvgIpc) is 2.85. The first-order valence-corrected chi connectivity index (χ1v) is 8.12. The molecule has 0 radical (unpaired) electrons. The third-order valence-electron chi connectivity index (χ3n) is 4.18. The van der Waals surface area contributed by atoms with Crippen LogP contribution in [0.15, 0.2) is 16.9 Å². The van der Waals surface area contributed by atoms with Gasteiger partial charge in [-0.3, -0.25) is 4.79 Å². The molecule has 3 heterocycles. The van der Waals surface area contributed by atoms with Crippen molar-refractivity contribution in [3.63, 3.8) is 0 Å². The van der Waals surface area contributed by atoms with Gasteiger partial charge in [0.2, 0.25) is 0 Å². The van der Waals surface area contributed by atoms with E-state index in [4.69, 9.17) is 0 Å². The molecule has 0 bridgehead atoms. The summed E-state index contributed by atoms with van der Waals surface area (Å²) in [5.74, 6) is 0.370. The van der Waals surface area contributed by atoms with Crippen LogP contribution in [0.3, 0.4) is 0 Å². The van der Waals surface area contributed by atoms with Gasteiger partial charge < -0.3 is 5.32 Å². The summed E-state index contributed by atoms with van der Waals surface area (Å²) in [6.45, 7) is 1.97. The lowest BCUT2D eigenvalue weighted by molar-refractivity contribution is 0.446. The number of aromatic nitrogens is 3. The Bertz CT molecular complexity index is 835. The monoisotopic (exact) mass is 346 g/mol. The molecule has 1 atom stereocenters. The zero-order chi connectivity index (χ0) is 14.4. The molecule has 0 aromatic carbocycles. The molecule has 1 aliphatic carbocycles. The van der Waals surface area contributed by atoms with E-state index in [9.17, 15) is 4.79 Å². The molecule has 108 valence electrons. The highest BCUT2D eigenvalue weighted by atomic mass is 79.9. The van der Waals surface area contributed by atoms with E-state index >= 15 is 0 Å². The first-order valence-electron chi connectivity index (χ1n) is 7.21. The van der Waals surface area contributed by atoms with Gasteiger partial charge in [0.15, 0.2) is 5.65 Å². The Morgan fingerprint density at radius 1 is 1.33 bits per heavy atom. The van der Waals surface area contributed by atoms with E-state index in [2.05, 4.69) is 37.4 Å². The summed E-state index contributed by atoms with van der Waals surface area (Å²) in [4.78, 5) is 16.3. The maximum atomic E-state index is 12.0.